The molecule has 0 saturated carbocycles. The number of hydrogen-bond donors (Lipinski definition) is 0. The highest BCUT2D eigenvalue weighted by Gasteiger charge is 2.20. The van der Waals surface area contributed by atoms with Gasteiger partial charge in [0.25, 0.3) is 5.91 Å². The predicted octanol–water partition coefficient (Wildman–Crippen LogP) is 4.53. The summed E-state index contributed by atoms with van der Waals surface area (Å²) in [6.07, 6.45) is 0. The Labute approximate surface area is 138 Å². The third-order valence-corrected chi connectivity index (χ3v) is 4.72. The smallest absolute Gasteiger partial charge is 0.270 e. The van der Waals surface area contributed by atoms with Crippen LogP contribution in [0.2, 0.25) is 0 Å². The van der Waals surface area contributed by atoms with Gasteiger partial charge in [0.05, 0.1) is 5.69 Å². The van der Waals surface area contributed by atoms with Crippen molar-refractivity contribution < 1.29 is 9.18 Å². The molecule has 1 heterocycles. The molecule has 0 aliphatic carbocycles. The maximum Gasteiger partial charge on any atom is 0.270 e. The van der Waals surface area contributed by atoms with Gasteiger partial charge in [-0.1, -0.05) is 18.2 Å². The molecule has 0 aliphatic heterocycles. The van der Waals surface area contributed by atoms with Crippen LogP contribution in [0.4, 0.5) is 10.1 Å². The standard InChI is InChI=1S/C18H15FN2OS/c1-12-16(18(22)21(2)15-6-4-3-5-7-15)23-17(20-12)13-8-10-14(19)11-9-13/h3-11H,1-2H3. The van der Waals surface area contributed by atoms with Gasteiger partial charge >= 0.3 is 0 Å². The zero-order valence-corrected chi connectivity index (χ0v) is 13.6. The van der Waals surface area contributed by atoms with E-state index >= 15 is 0 Å². The van der Waals surface area contributed by atoms with E-state index in [4.69, 9.17) is 0 Å². The number of carbonyl (C=O) groups is 1. The molecule has 1 amide bonds. The molecule has 0 aliphatic rings. The van der Waals surface area contributed by atoms with E-state index in [0.717, 1.165) is 11.3 Å². The van der Waals surface area contributed by atoms with Crippen molar-refractivity contribution in [1.82, 2.24) is 4.98 Å². The SMILES string of the molecule is Cc1nc(-c2ccc(F)cc2)sc1C(=O)N(C)c1ccccc1. The zero-order chi connectivity index (χ0) is 16.4. The fourth-order valence-corrected chi connectivity index (χ4v) is 3.28. The van der Waals surface area contributed by atoms with Gasteiger partial charge < -0.3 is 4.90 Å². The summed E-state index contributed by atoms with van der Waals surface area (Å²) >= 11 is 1.32. The van der Waals surface area contributed by atoms with Crippen LogP contribution >= 0.6 is 11.3 Å². The minimum absolute atomic E-state index is 0.0976. The van der Waals surface area contributed by atoms with Crippen molar-refractivity contribution in [3.63, 3.8) is 0 Å². The number of nitrogens with zero attached hydrogens (tertiary/aromatic N) is 2. The quantitative estimate of drug-likeness (QED) is 0.708. The number of para-hydroxylation sites is 1. The number of thiazole rings is 1. The van der Waals surface area contributed by atoms with E-state index in [-0.39, 0.29) is 11.7 Å². The van der Waals surface area contributed by atoms with Crippen LogP contribution in [0, 0.1) is 12.7 Å². The molecule has 5 heteroatoms. The summed E-state index contributed by atoms with van der Waals surface area (Å²) < 4.78 is 13.0. The van der Waals surface area contributed by atoms with E-state index in [1.54, 1.807) is 24.1 Å². The zero-order valence-electron chi connectivity index (χ0n) is 12.8. The van der Waals surface area contributed by atoms with Crippen LogP contribution in [-0.2, 0) is 0 Å². The molecular weight excluding hydrogens is 311 g/mol. The van der Waals surface area contributed by atoms with Gasteiger partial charge in [-0.15, -0.1) is 11.3 Å². The first kappa shape index (κ1) is 15.4. The fourth-order valence-electron chi connectivity index (χ4n) is 2.23. The summed E-state index contributed by atoms with van der Waals surface area (Å²) in [6.45, 7) is 1.82. The van der Waals surface area contributed by atoms with E-state index in [0.29, 0.717) is 15.6 Å². The van der Waals surface area contributed by atoms with Gasteiger partial charge in [-0.2, -0.15) is 0 Å². The number of aryl methyl sites for hydroxylation is 1. The Balaban J connectivity index is 1.91. The van der Waals surface area contributed by atoms with Crippen molar-refractivity contribution in [2.24, 2.45) is 0 Å². The molecule has 116 valence electrons. The highest BCUT2D eigenvalue weighted by molar-refractivity contribution is 7.17. The lowest BCUT2D eigenvalue weighted by Crippen LogP contribution is -2.25. The van der Waals surface area contributed by atoms with Crippen molar-refractivity contribution in [3.05, 3.63) is 71.0 Å². The average Bonchev–Trinajstić information content (AvgIpc) is 2.96. The first-order valence-electron chi connectivity index (χ1n) is 7.13. The predicted molar refractivity (Wildman–Crippen MR) is 91.4 cm³/mol. The number of rotatable bonds is 3. The van der Waals surface area contributed by atoms with Crippen LogP contribution in [0.3, 0.4) is 0 Å². The first-order valence-corrected chi connectivity index (χ1v) is 7.94. The van der Waals surface area contributed by atoms with Gasteiger partial charge in [0.15, 0.2) is 0 Å². The third kappa shape index (κ3) is 3.14. The summed E-state index contributed by atoms with van der Waals surface area (Å²) in [5.74, 6) is -0.387. The maximum atomic E-state index is 13.0. The average molecular weight is 326 g/mol. The lowest BCUT2D eigenvalue weighted by atomic mass is 10.2. The topological polar surface area (TPSA) is 33.2 Å². The van der Waals surface area contributed by atoms with E-state index in [1.165, 1.54) is 23.5 Å². The van der Waals surface area contributed by atoms with Crippen LogP contribution in [0.5, 0.6) is 0 Å². The van der Waals surface area contributed by atoms with E-state index in [9.17, 15) is 9.18 Å². The van der Waals surface area contributed by atoms with E-state index in [1.807, 2.05) is 37.3 Å². The normalized spacial score (nSPS) is 10.6. The molecule has 0 spiro atoms. The number of halogens is 1. The van der Waals surface area contributed by atoms with E-state index < -0.39 is 0 Å². The molecule has 23 heavy (non-hydrogen) atoms. The number of aromatic nitrogens is 1. The summed E-state index contributed by atoms with van der Waals surface area (Å²) in [5, 5.41) is 0.715. The second-order valence-electron chi connectivity index (χ2n) is 5.14. The van der Waals surface area contributed by atoms with Crippen LogP contribution in [0.25, 0.3) is 10.6 Å². The Bertz CT molecular complexity index is 828. The molecule has 0 fully saturated rings. The molecule has 0 atom stereocenters. The first-order chi connectivity index (χ1) is 11.1. The second kappa shape index (κ2) is 6.30. The molecule has 0 radical (unpaired) electrons. The van der Waals surface area contributed by atoms with Crippen LogP contribution in [-0.4, -0.2) is 17.9 Å². The van der Waals surface area contributed by atoms with Gasteiger partial charge in [-0.25, -0.2) is 9.37 Å². The lowest BCUT2D eigenvalue weighted by molar-refractivity contribution is 0.0996. The number of carbonyl (C=O) groups excluding carboxylic acids is 1. The summed E-state index contributed by atoms with van der Waals surface area (Å²) in [5.41, 5.74) is 2.32. The van der Waals surface area contributed by atoms with Gasteiger partial charge in [-0.05, 0) is 43.3 Å². The molecule has 0 unspecified atom stereocenters. The third-order valence-electron chi connectivity index (χ3n) is 3.53. The second-order valence-corrected chi connectivity index (χ2v) is 6.14. The van der Waals surface area contributed by atoms with Gasteiger partial charge in [0.2, 0.25) is 0 Å². The fraction of sp³-hybridized carbons (Fsp3) is 0.111. The Morgan fingerprint density at radius 1 is 1.09 bits per heavy atom. The molecule has 2 aromatic carbocycles. The van der Waals surface area contributed by atoms with Crippen molar-refractivity contribution in [2.45, 2.75) is 6.92 Å². The largest absolute Gasteiger partial charge is 0.311 e. The minimum atomic E-state index is -0.290. The molecule has 1 aromatic heterocycles. The van der Waals surface area contributed by atoms with Gasteiger partial charge in [0.1, 0.15) is 15.7 Å². The molecule has 3 rings (SSSR count). The number of hydrogen-bond acceptors (Lipinski definition) is 3. The molecule has 0 N–H and O–H groups in total. The Hall–Kier alpha value is -2.53. The Morgan fingerprint density at radius 3 is 2.39 bits per heavy atom. The highest BCUT2D eigenvalue weighted by Crippen LogP contribution is 2.29. The lowest BCUT2D eigenvalue weighted by Gasteiger charge is -2.16. The number of amides is 1. The molecule has 3 nitrogen and oxygen atoms in total. The number of benzene rings is 2. The van der Waals surface area contributed by atoms with Crippen LogP contribution in [0.1, 0.15) is 15.4 Å². The molecule has 0 bridgehead atoms. The Morgan fingerprint density at radius 2 is 1.74 bits per heavy atom. The highest BCUT2D eigenvalue weighted by atomic mass is 32.1. The maximum absolute atomic E-state index is 13.0. The van der Waals surface area contributed by atoms with Crippen molar-refractivity contribution in [1.29, 1.82) is 0 Å². The Kier molecular flexibility index (Phi) is 4.21. The van der Waals surface area contributed by atoms with Gasteiger partial charge in [-0.3, -0.25) is 4.79 Å². The van der Waals surface area contributed by atoms with E-state index in [2.05, 4.69) is 4.98 Å². The van der Waals surface area contributed by atoms with Crippen molar-refractivity contribution in [2.75, 3.05) is 11.9 Å². The minimum Gasteiger partial charge on any atom is -0.311 e. The summed E-state index contributed by atoms with van der Waals surface area (Å²) in [7, 11) is 1.74. The summed E-state index contributed by atoms with van der Waals surface area (Å²) in [4.78, 5) is 19.4. The molecular formula is C18H15FN2OS. The number of anilines is 1. The van der Waals surface area contributed by atoms with Crippen molar-refractivity contribution >= 4 is 22.9 Å². The monoisotopic (exact) mass is 326 g/mol. The summed E-state index contributed by atoms with van der Waals surface area (Å²) in [6, 6.07) is 15.6. The van der Waals surface area contributed by atoms with Crippen LogP contribution < -0.4 is 4.90 Å². The molecule has 0 saturated heterocycles. The van der Waals surface area contributed by atoms with Crippen LogP contribution in [0.15, 0.2) is 54.6 Å². The van der Waals surface area contributed by atoms with Gasteiger partial charge in [0, 0.05) is 18.3 Å². The van der Waals surface area contributed by atoms with Crippen molar-refractivity contribution in [3.8, 4) is 10.6 Å². The molecule has 3 aromatic rings.